The van der Waals surface area contributed by atoms with Crippen LogP contribution in [0.3, 0.4) is 0 Å². The van der Waals surface area contributed by atoms with Crippen molar-refractivity contribution in [2.45, 2.75) is 27.2 Å². The predicted octanol–water partition coefficient (Wildman–Crippen LogP) is 2.79. The van der Waals surface area contributed by atoms with Gasteiger partial charge in [-0.1, -0.05) is 19.9 Å². The Morgan fingerprint density at radius 1 is 1.33 bits per heavy atom. The maximum Gasteiger partial charge on any atom is 0.222 e. The molecule has 0 radical (unpaired) electrons. The molecule has 96 valence electrons. The van der Waals surface area contributed by atoms with Gasteiger partial charge in [-0.15, -0.1) is 0 Å². The number of benzene rings is 1. The highest BCUT2D eigenvalue weighted by Crippen LogP contribution is 2.16. The Morgan fingerprint density at radius 3 is 2.83 bits per heavy atom. The minimum absolute atomic E-state index is 0.0554. The van der Waals surface area contributed by atoms with Crippen molar-refractivity contribution in [2.24, 2.45) is 5.92 Å². The summed E-state index contributed by atoms with van der Waals surface area (Å²) < 4.78 is 0. The Labute approximate surface area is 108 Å². The first kappa shape index (κ1) is 12.7. The predicted molar refractivity (Wildman–Crippen MR) is 74.6 cm³/mol. The molecule has 3 nitrogen and oxygen atoms in total. The van der Waals surface area contributed by atoms with Crippen molar-refractivity contribution in [1.29, 1.82) is 0 Å². The van der Waals surface area contributed by atoms with Gasteiger partial charge >= 0.3 is 0 Å². The SMILES string of the molecule is Cc1cc2cc(CCNC(=O)C(C)C)ccc2[nH]1. The zero-order chi connectivity index (χ0) is 13.1. The topological polar surface area (TPSA) is 44.9 Å². The largest absolute Gasteiger partial charge is 0.359 e. The second kappa shape index (κ2) is 5.25. The molecule has 1 aromatic carbocycles. The van der Waals surface area contributed by atoms with Crippen LogP contribution >= 0.6 is 0 Å². The molecule has 0 aliphatic rings. The smallest absolute Gasteiger partial charge is 0.222 e. The number of H-pyrrole nitrogens is 1. The van der Waals surface area contributed by atoms with Gasteiger partial charge in [0.05, 0.1) is 0 Å². The second-order valence-corrected chi connectivity index (χ2v) is 5.07. The molecule has 1 heterocycles. The van der Waals surface area contributed by atoms with E-state index in [2.05, 4.69) is 41.5 Å². The fourth-order valence-electron chi connectivity index (χ4n) is 2.02. The Kier molecular flexibility index (Phi) is 3.70. The van der Waals surface area contributed by atoms with Gasteiger partial charge in [0, 0.05) is 23.7 Å². The molecule has 1 aromatic heterocycles. The number of hydrogen-bond donors (Lipinski definition) is 2. The maximum absolute atomic E-state index is 11.4. The lowest BCUT2D eigenvalue weighted by Crippen LogP contribution is -2.29. The molecule has 0 saturated heterocycles. The highest BCUT2D eigenvalue weighted by molar-refractivity contribution is 5.81. The molecule has 0 aliphatic carbocycles. The first-order valence-electron chi connectivity index (χ1n) is 6.42. The number of hydrogen-bond acceptors (Lipinski definition) is 1. The molecule has 0 saturated carbocycles. The molecule has 2 N–H and O–H groups in total. The molecule has 1 amide bonds. The van der Waals surface area contributed by atoms with Crippen molar-refractivity contribution >= 4 is 16.8 Å². The third-order valence-electron chi connectivity index (χ3n) is 3.06. The monoisotopic (exact) mass is 244 g/mol. The van der Waals surface area contributed by atoms with Gasteiger partial charge in [0.1, 0.15) is 0 Å². The molecule has 0 atom stereocenters. The average Bonchev–Trinajstić information content (AvgIpc) is 2.68. The molecule has 0 unspecified atom stereocenters. The van der Waals surface area contributed by atoms with Gasteiger partial charge in [0.15, 0.2) is 0 Å². The first-order chi connectivity index (χ1) is 8.56. The molecule has 3 heteroatoms. The van der Waals surface area contributed by atoms with Gasteiger partial charge in [0.25, 0.3) is 0 Å². The van der Waals surface area contributed by atoms with Gasteiger partial charge in [-0.05, 0) is 42.5 Å². The Morgan fingerprint density at radius 2 is 2.11 bits per heavy atom. The number of aryl methyl sites for hydroxylation is 1. The van der Waals surface area contributed by atoms with Crippen LogP contribution in [-0.4, -0.2) is 17.4 Å². The average molecular weight is 244 g/mol. The molecule has 0 bridgehead atoms. The standard InChI is InChI=1S/C15H20N2O/c1-10(2)15(18)16-7-6-12-4-5-14-13(9-12)8-11(3)17-14/h4-5,8-10,17H,6-7H2,1-3H3,(H,16,18). The number of aromatic nitrogens is 1. The summed E-state index contributed by atoms with van der Waals surface area (Å²) in [7, 11) is 0. The zero-order valence-corrected chi connectivity index (χ0v) is 11.2. The van der Waals surface area contributed by atoms with Gasteiger partial charge in [-0.25, -0.2) is 0 Å². The summed E-state index contributed by atoms with van der Waals surface area (Å²) in [6, 6.07) is 8.54. The number of nitrogens with one attached hydrogen (secondary N) is 2. The lowest BCUT2D eigenvalue weighted by atomic mass is 10.1. The van der Waals surface area contributed by atoms with E-state index in [1.165, 1.54) is 22.2 Å². The Hall–Kier alpha value is -1.77. The van der Waals surface area contributed by atoms with Crippen molar-refractivity contribution in [3.05, 3.63) is 35.5 Å². The van der Waals surface area contributed by atoms with Crippen LogP contribution < -0.4 is 5.32 Å². The summed E-state index contributed by atoms with van der Waals surface area (Å²) in [5, 5.41) is 4.17. The highest BCUT2D eigenvalue weighted by Gasteiger charge is 2.05. The van der Waals surface area contributed by atoms with Crippen molar-refractivity contribution in [3.8, 4) is 0 Å². The van der Waals surface area contributed by atoms with E-state index in [1.807, 2.05) is 13.8 Å². The van der Waals surface area contributed by atoms with Crippen LogP contribution in [0.1, 0.15) is 25.1 Å². The van der Waals surface area contributed by atoms with E-state index in [-0.39, 0.29) is 11.8 Å². The maximum atomic E-state index is 11.4. The molecule has 2 aromatic rings. The minimum atomic E-state index is 0.0554. The lowest BCUT2D eigenvalue weighted by Gasteiger charge is -2.07. The number of carbonyl (C=O) groups is 1. The number of aromatic amines is 1. The molecular formula is C15H20N2O. The van der Waals surface area contributed by atoms with Crippen LogP contribution in [0.4, 0.5) is 0 Å². The third-order valence-corrected chi connectivity index (χ3v) is 3.06. The van der Waals surface area contributed by atoms with Crippen molar-refractivity contribution in [1.82, 2.24) is 10.3 Å². The summed E-state index contributed by atoms with van der Waals surface area (Å²) in [6.07, 6.45) is 0.874. The number of rotatable bonds is 4. The van der Waals surface area contributed by atoms with Crippen LogP contribution in [0, 0.1) is 12.8 Å². The van der Waals surface area contributed by atoms with Crippen LogP contribution in [0.2, 0.25) is 0 Å². The summed E-state index contributed by atoms with van der Waals surface area (Å²) in [4.78, 5) is 14.7. The minimum Gasteiger partial charge on any atom is -0.359 e. The lowest BCUT2D eigenvalue weighted by molar-refractivity contribution is -0.123. The summed E-state index contributed by atoms with van der Waals surface area (Å²) >= 11 is 0. The van der Waals surface area contributed by atoms with Gasteiger partial charge in [-0.3, -0.25) is 4.79 Å². The van der Waals surface area contributed by atoms with Crippen LogP contribution in [-0.2, 0) is 11.2 Å². The van der Waals surface area contributed by atoms with E-state index < -0.39 is 0 Å². The molecule has 0 fully saturated rings. The van der Waals surface area contributed by atoms with Crippen molar-refractivity contribution in [2.75, 3.05) is 6.54 Å². The number of carbonyl (C=O) groups excluding carboxylic acids is 1. The molecular weight excluding hydrogens is 224 g/mol. The Balaban J connectivity index is 1.97. The second-order valence-electron chi connectivity index (χ2n) is 5.07. The van der Waals surface area contributed by atoms with E-state index in [4.69, 9.17) is 0 Å². The Bertz CT molecular complexity index is 555. The van der Waals surface area contributed by atoms with E-state index in [0.29, 0.717) is 6.54 Å². The highest BCUT2D eigenvalue weighted by atomic mass is 16.1. The van der Waals surface area contributed by atoms with Gasteiger partial charge in [0.2, 0.25) is 5.91 Å². The quantitative estimate of drug-likeness (QED) is 0.853. The van der Waals surface area contributed by atoms with Crippen molar-refractivity contribution in [3.63, 3.8) is 0 Å². The summed E-state index contributed by atoms with van der Waals surface area (Å²) in [5.41, 5.74) is 3.60. The summed E-state index contributed by atoms with van der Waals surface area (Å²) in [6.45, 7) is 6.57. The van der Waals surface area contributed by atoms with E-state index in [0.717, 1.165) is 6.42 Å². The van der Waals surface area contributed by atoms with Crippen molar-refractivity contribution < 1.29 is 4.79 Å². The molecule has 18 heavy (non-hydrogen) atoms. The first-order valence-corrected chi connectivity index (χ1v) is 6.42. The van der Waals surface area contributed by atoms with E-state index in [1.54, 1.807) is 0 Å². The number of amides is 1. The molecule has 0 spiro atoms. The molecule has 2 rings (SSSR count). The van der Waals surface area contributed by atoms with E-state index >= 15 is 0 Å². The van der Waals surface area contributed by atoms with Crippen LogP contribution in [0.25, 0.3) is 10.9 Å². The summed E-state index contributed by atoms with van der Waals surface area (Å²) in [5.74, 6) is 0.174. The number of fused-ring (bicyclic) bond motifs is 1. The van der Waals surface area contributed by atoms with E-state index in [9.17, 15) is 4.79 Å². The zero-order valence-electron chi connectivity index (χ0n) is 11.2. The fourth-order valence-corrected chi connectivity index (χ4v) is 2.02. The van der Waals surface area contributed by atoms with Gasteiger partial charge < -0.3 is 10.3 Å². The van der Waals surface area contributed by atoms with Crippen LogP contribution in [0.5, 0.6) is 0 Å². The fraction of sp³-hybridized carbons (Fsp3) is 0.400. The van der Waals surface area contributed by atoms with Crippen LogP contribution in [0.15, 0.2) is 24.3 Å². The third kappa shape index (κ3) is 2.92. The van der Waals surface area contributed by atoms with Gasteiger partial charge in [-0.2, -0.15) is 0 Å². The normalized spacial score (nSPS) is 11.1. The molecule has 0 aliphatic heterocycles.